The van der Waals surface area contributed by atoms with Crippen LogP contribution in [-0.4, -0.2) is 29.8 Å². The monoisotopic (exact) mass is 221 g/mol. The van der Waals surface area contributed by atoms with Crippen LogP contribution in [0.5, 0.6) is 0 Å². The molecule has 0 amide bonds. The van der Waals surface area contributed by atoms with Gasteiger partial charge in [0, 0.05) is 11.8 Å². The van der Waals surface area contributed by atoms with Crippen molar-refractivity contribution in [2.45, 2.75) is 24.5 Å². The highest BCUT2D eigenvalue weighted by molar-refractivity contribution is 7.81. The molecule has 0 spiro atoms. The zero-order valence-electron chi connectivity index (χ0n) is 9.10. The zero-order valence-corrected chi connectivity index (χ0v) is 10.00. The fourth-order valence-electron chi connectivity index (χ4n) is 2.17. The summed E-state index contributed by atoms with van der Waals surface area (Å²) in [6.45, 7) is 3.65. The maximum absolute atomic E-state index is 4.50. The summed E-state index contributed by atoms with van der Waals surface area (Å²) < 4.78 is 0. The Bertz CT molecular complexity index is 286. The summed E-state index contributed by atoms with van der Waals surface area (Å²) in [6.07, 6.45) is 3.73. The van der Waals surface area contributed by atoms with Gasteiger partial charge in [0.05, 0.1) is 0 Å². The van der Waals surface area contributed by atoms with Gasteiger partial charge in [-0.2, -0.15) is 12.6 Å². The van der Waals surface area contributed by atoms with Crippen LogP contribution >= 0.6 is 12.6 Å². The van der Waals surface area contributed by atoms with Gasteiger partial charge < -0.3 is 4.90 Å². The van der Waals surface area contributed by atoms with Crippen molar-refractivity contribution in [2.75, 3.05) is 19.6 Å². The van der Waals surface area contributed by atoms with E-state index in [1.165, 1.54) is 44.5 Å². The lowest BCUT2D eigenvalue weighted by atomic mass is 10.1. The van der Waals surface area contributed by atoms with Crippen molar-refractivity contribution in [1.82, 2.24) is 4.90 Å². The van der Waals surface area contributed by atoms with E-state index in [0.717, 1.165) is 0 Å². The standard InChI is InChI=1S/C13H19NS/c15-13-8-10-14(11-13)9-4-7-12-5-2-1-3-6-12/h1-3,5-6,13,15H,4,7-11H2. The lowest BCUT2D eigenvalue weighted by Gasteiger charge is -2.14. The van der Waals surface area contributed by atoms with Gasteiger partial charge in [0.1, 0.15) is 0 Å². The first-order valence-electron chi connectivity index (χ1n) is 5.79. The van der Waals surface area contributed by atoms with Gasteiger partial charge in [-0.05, 0) is 37.9 Å². The molecule has 1 fully saturated rings. The number of nitrogens with zero attached hydrogens (tertiary/aromatic N) is 1. The molecule has 82 valence electrons. The van der Waals surface area contributed by atoms with Gasteiger partial charge in [-0.15, -0.1) is 0 Å². The Kier molecular flexibility index (Phi) is 4.09. The van der Waals surface area contributed by atoms with Crippen molar-refractivity contribution in [3.8, 4) is 0 Å². The molecule has 1 aromatic rings. The average Bonchev–Trinajstić information content (AvgIpc) is 2.66. The van der Waals surface area contributed by atoms with Crippen LogP contribution in [0.25, 0.3) is 0 Å². The summed E-state index contributed by atoms with van der Waals surface area (Å²) in [5.74, 6) is 0. The Morgan fingerprint density at radius 3 is 2.73 bits per heavy atom. The Morgan fingerprint density at radius 2 is 2.07 bits per heavy atom. The highest BCUT2D eigenvalue weighted by atomic mass is 32.1. The molecule has 1 atom stereocenters. The van der Waals surface area contributed by atoms with Crippen LogP contribution in [-0.2, 0) is 6.42 Å². The molecule has 2 heteroatoms. The zero-order chi connectivity index (χ0) is 10.5. The van der Waals surface area contributed by atoms with Gasteiger partial charge in [-0.3, -0.25) is 0 Å². The number of aryl methyl sites for hydroxylation is 1. The second-order valence-corrected chi connectivity index (χ2v) is 5.06. The third-order valence-corrected chi connectivity index (χ3v) is 3.45. The average molecular weight is 221 g/mol. The van der Waals surface area contributed by atoms with E-state index in [2.05, 4.69) is 47.9 Å². The number of hydrogen-bond donors (Lipinski definition) is 1. The van der Waals surface area contributed by atoms with E-state index in [1.54, 1.807) is 0 Å². The molecular weight excluding hydrogens is 202 g/mol. The Labute approximate surface area is 97.9 Å². The normalized spacial score (nSPS) is 22.1. The quantitative estimate of drug-likeness (QED) is 0.765. The first kappa shape index (κ1) is 11.0. The van der Waals surface area contributed by atoms with E-state index in [-0.39, 0.29) is 0 Å². The minimum atomic E-state index is 0.613. The fourth-order valence-corrected chi connectivity index (χ4v) is 2.51. The molecule has 1 aliphatic heterocycles. The van der Waals surface area contributed by atoms with Crippen LogP contribution in [0.4, 0.5) is 0 Å². The van der Waals surface area contributed by atoms with Gasteiger partial charge in [0.25, 0.3) is 0 Å². The van der Waals surface area contributed by atoms with Gasteiger partial charge in [0.2, 0.25) is 0 Å². The molecular formula is C13H19NS. The molecule has 0 aliphatic carbocycles. The molecule has 2 rings (SSSR count). The van der Waals surface area contributed by atoms with Gasteiger partial charge in [-0.1, -0.05) is 30.3 Å². The highest BCUT2D eigenvalue weighted by Crippen LogP contribution is 2.14. The SMILES string of the molecule is SC1CCN(CCCc2ccccc2)C1. The Morgan fingerprint density at radius 1 is 1.27 bits per heavy atom. The fraction of sp³-hybridized carbons (Fsp3) is 0.538. The molecule has 1 aliphatic rings. The molecule has 1 unspecified atom stereocenters. The summed E-state index contributed by atoms with van der Waals surface area (Å²) in [7, 11) is 0. The summed E-state index contributed by atoms with van der Waals surface area (Å²) >= 11 is 4.50. The molecule has 1 aromatic carbocycles. The molecule has 0 aromatic heterocycles. The van der Waals surface area contributed by atoms with Crippen LogP contribution in [0.1, 0.15) is 18.4 Å². The van der Waals surface area contributed by atoms with Crippen LogP contribution in [0.15, 0.2) is 30.3 Å². The number of likely N-dealkylation sites (tertiary alicyclic amines) is 1. The summed E-state index contributed by atoms with van der Waals surface area (Å²) in [5.41, 5.74) is 1.46. The molecule has 1 nitrogen and oxygen atoms in total. The second kappa shape index (κ2) is 5.57. The number of rotatable bonds is 4. The molecule has 0 radical (unpaired) electrons. The number of hydrogen-bond acceptors (Lipinski definition) is 2. The van der Waals surface area contributed by atoms with Crippen molar-refractivity contribution in [1.29, 1.82) is 0 Å². The molecule has 1 saturated heterocycles. The van der Waals surface area contributed by atoms with E-state index in [9.17, 15) is 0 Å². The van der Waals surface area contributed by atoms with Crippen molar-refractivity contribution in [3.63, 3.8) is 0 Å². The van der Waals surface area contributed by atoms with Gasteiger partial charge in [-0.25, -0.2) is 0 Å². The molecule has 15 heavy (non-hydrogen) atoms. The third kappa shape index (κ3) is 3.54. The van der Waals surface area contributed by atoms with Crippen LogP contribution in [0.2, 0.25) is 0 Å². The van der Waals surface area contributed by atoms with E-state index >= 15 is 0 Å². The van der Waals surface area contributed by atoms with Gasteiger partial charge in [0.15, 0.2) is 0 Å². The third-order valence-electron chi connectivity index (χ3n) is 3.03. The van der Waals surface area contributed by atoms with E-state index in [0.29, 0.717) is 5.25 Å². The van der Waals surface area contributed by atoms with Crippen LogP contribution in [0.3, 0.4) is 0 Å². The van der Waals surface area contributed by atoms with Gasteiger partial charge >= 0.3 is 0 Å². The van der Waals surface area contributed by atoms with Crippen molar-refractivity contribution < 1.29 is 0 Å². The second-order valence-electron chi connectivity index (χ2n) is 4.33. The minimum Gasteiger partial charge on any atom is -0.302 e. The summed E-state index contributed by atoms with van der Waals surface area (Å²) in [4.78, 5) is 2.53. The highest BCUT2D eigenvalue weighted by Gasteiger charge is 2.18. The van der Waals surface area contributed by atoms with Crippen LogP contribution < -0.4 is 0 Å². The minimum absolute atomic E-state index is 0.613. The molecule has 0 N–H and O–H groups in total. The van der Waals surface area contributed by atoms with Crippen molar-refractivity contribution >= 4 is 12.6 Å². The first-order valence-corrected chi connectivity index (χ1v) is 6.30. The predicted molar refractivity (Wildman–Crippen MR) is 68.6 cm³/mol. The Balaban J connectivity index is 1.67. The smallest absolute Gasteiger partial charge is 0.0156 e. The lowest BCUT2D eigenvalue weighted by molar-refractivity contribution is 0.335. The molecule has 0 saturated carbocycles. The lowest BCUT2D eigenvalue weighted by Crippen LogP contribution is -2.22. The van der Waals surface area contributed by atoms with E-state index in [1.807, 2.05) is 0 Å². The first-order chi connectivity index (χ1) is 7.34. The number of benzene rings is 1. The topological polar surface area (TPSA) is 3.24 Å². The Hall–Kier alpha value is -0.470. The van der Waals surface area contributed by atoms with E-state index in [4.69, 9.17) is 0 Å². The van der Waals surface area contributed by atoms with Crippen molar-refractivity contribution in [3.05, 3.63) is 35.9 Å². The predicted octanol–water partition coefficient (Wildman–Crippen LogP) is 2.62. The van der Waals surface area contributed by atoms with Crippen LogP contribution in [0, 0.1) is 0 Å². The maximum atomic E-state index is 4.50. The molecule has 1 heterocycles. The summed E-state index contributed by atoms with van der Waals surface area (Å²) in [6, 6.07) is 10.7. The number of thiol groups is 1. The van der Waals surface area contributed by atoms with Crippen molar-refractivity contribution in [2.24, 2.45) is 0 Å². The molecule has 0 bridgehead atoms. The van der Waals surface area contributed by atoms with E-state index < -0.39 is 0 Å². The largest absolute Gasteiger partial charge is 0.302 e. The maximum Gasteiger partial charge on any atom is 0.0156 e. The summed E-state index contributed by atoms with van der Waals surface area (Å²) in [5, 5.41) is 0.613.